The zero-order valence-electron chi connectivity index (χ0n) is 18.1. The monoisotopic (exact) mass is 428 g/mol. The number of rotatable bonds is 9. The summed E-state index contributed by atoms with van der Waals surface area (Å²) in [5, 5.41) is 2.97. The van der Waals surface area contributed by atoms with E-state index in [1.54, 1.807) is 17.0 Å². The Morgan fingerprint density at radius 1 is 0.906 bits per heavy atom. The number of ether oxygens (including phenoxy) is 1. The first-order valence-electron chi connectivity index (χ1n) is 11.1. The van der Waals surface area contributed by atoms with Gasteiger partial charge in [-0.2, -0.15) is 0 Å². The summed E-state index contributed by atoms with van der Waals surface area (Å²) in [5.41, 5.74) is 3.35. The van der Waals surface area contributed by atoms with Crippen LogP contribution in [0.4, 0.5) is 5.69 Å². The van der Waals surface area contributed by atoms with Crippen molar-refractivity contribution in [2.45, 2.75) is 25.2 Å². The molecule has 0 aromatic heterocycles. The molecule has 0 saturated carbocycles. The molecule has 0 spiro atoms. The maximum absolute atomic E-state index is 12.3. The first kappa shape index (κ1) is 21.6. The van der Waals surface area contributed by atoms with Gasteiger partial charge in [-0.05, 0) is 48.2 Å². The van der Waals surface area contributed by atoms with Crippen LogP contribution < -0.4 is 15.0 Å². The Bertz CT molecular complexity index is 980. The normalized spacial score (nSPS) is 13.4. The lowest BCUT2D eigenvalue weighted by Gasteiger charge is -2.18. The molecule has 32 heavy (non-hydrogen) atoms. The van der Waals surface area contributed by atoms with Crippen molar-refractivity contribution in [3.8, 4) is 5.75 Å². The summed E-state index contributed by atoms with van der Waals surface area (Å²) in [4.78, 5) is 25.9. The van der Waals surface area contributed by atoms with Crippen LogP contribution >= 0.6 is 0 Å². The van der Waals surface area contributed by atoms with Gasteiger partial charge in [0.25, 0.3) is 5.91 Å². The minimum absolute atomic E-state index is 0.0384. The van der Waals surface area contributed by atoms with Gasteiger partial charge in [0.1, 0.15) is 5.75 Å². The number of nitrogens with zero attached hydrogens (tertiary/aromatic N) is 1. The Balaban J connectivity index is 1.26. The van der Waals surface area contributed by atoms with E-state index < -0.39 is 0 Å². The molecule has 1 saturated heterocycles. The fourth-order valence-corrected chi connectivity index (χ4v) is 4.10. The summed E-state index contributed by atoms with van der Waals surface area (Å²) in [5.74, 6) is 0.840. The Morgan fingerprint density at radius 3 is 2.09 bits per heavy atom. The van der Waals surface area contributed by atoms with Gasteiger partial charge in [-0.15, -0.1) is 0 Å². The summed E-state index contributed by atoms with van der Waals surface area (Å²) < 4.78 is 5.62. The highest BCUT2D eigenvalue weighted by Gasteiger charge is 2.21. The topological polar surface area (TPSA) is 58.6 Å². The van der Waals surface area contributed by atoms with Gasteiger partial charge in [0.05, 0.1) is 0 Å². The zero-order chi connectivity index (χ0) is 22.2. The Morgan fingerprint density at radius 2 is 1.53 bits per heavy atom. The molecule has 4 rings (SSSR count). The van der Waals surface area contributed by atoms with Gasteiger partial charge in [-0.1, -0.05) is 60.7 Å². The second-order valence-corrected chi connectivity index (χ2v) is 7.94. The van der Waals surface area contributed by atoms with Crippen LogP contribution in [0, 0.1) is 0 Å². The molecule has 1 N–H and O–H groups in total. The number of benzene rings is 3. The first-order valence-corrected chi connectivity index (χ1v) is 11.1. The van der Waals surface area contributed by atoms with E-state index in [0.717, 1.165) is 25.1 Å². The quantitative estimate of drug-likeness (QED) is 0.545. The van der Waals surface area contributed by atoms with E-state index in [4.69, 9.17) is 4.74 Å². The molecule has 0 atom stereocenters. The van der Waals surface area contributed by atoms with Crippen molar-refractivity contribution in [2.75, 3.05) is 24.6 Å². The number of carbonyl (C=O) groups excluding carboxylic acids is 2. The number of anilines is 1. The third-order valence-electron chi connectivity index (χ3n) is 5.75. The zero-order valence-corrected chi connectivity index (χ0v) is 18.1. The minimum atomic E-state index is -0.149. The Kier molecular flexibility index (Phi) is 7.18. The first-order chi connectivity index (χ1) is 15.7. The van der Waals surface area contributed by atoms with Gasteiger partial charge >= 0.3 is 0 Å². The standard InChI is InChI=1S/C27H28N2O3/c30-26(20-32-24-15-13-23(14-16-24)29-19-7-12-27(29)31)28-18-17-25(21-8-3-1-4-9-21)22-10-5-2-6-11-22/h1-6,8-11,13-16,25H,7,12,17-20H2,(H,28,30). The van der Waals surface area contributed by atoms with Gasteiger partial charge in [-0.3, -0.25) is 9.59 Å². The molecular weight excluding hydrogens is 400 g/mol. The SMILES string of the molecule is O=C(COc1ccc(N2CCCC2=O)cc1)NCCC(c1ccccc1)c1ccccc1. The summed E-state index contributed by atoms with van der Waals surface area (Å²) >= 11 is 0. The van der Waals surface area contributed by atoms with E-state index in [0.29, 0.717) is 18.7 Å². The fraction of sp³-hybridized carbons (Fsp3) is 0.259. The van der Waals surface area contributed by atoms with Crippen LogP contribution in [0.15, 0.2) is 84.9 Å². The molecule has 2 amide bonds. The maximum atomic E-state index is 12.3. The smallest absolute Gasteiger partial charge is 0.257 e. The third-order valence-corrected chi connectivity index (χ3v) is 5.75. The molecule has 3 aromatic rings. The number of nitrogens with one attached hydrogen (secondary N) is 1. The van der Waals surface area contributed by atoms with Crippen molar-refractivity contribution in [1.29, 1.82) is 0 Å². The number of carbonyl (C=O) groups is 2. The lowest BCUT2D eigenvalue weighted by atomic mass is 9.88. The van der Waals surface area contributed by atoms with E-state index in [-0.39, 0.29) is 24.3 Å². The van der Waals surface area contributed by atoms with Gasteiger partial charge in [0, 0.05) is 31.1 Å². The molecule has 1 aliphatic heterocycles. The van der Waals surface area contributed by atoms with Crippen LogP contribution in [0.5, 0.6) is 5.75 Å². The van der Waals surface area contributed by atoms with Gasteiger partial charge < -0.3 is 15.0 Å². The van der Waals surface area contributed by atoms with Gasteiger partial charge in [-0.25, -0.2) is 0 Å². The summed E-state index contributed by atoms with van der Waals surface area (Å²) in [6.07, 6.45) is 2.30. The Labute approximate surface area is 189 Å². The average Bonchev–Trinajstić information content (AvgIpc) is 3.28. The summed E-state index contributed by atoms with van der Waals surface area (Å²) in [6, 6.07) is 28.0. The van der Waals surface area contributed by atoms with Crippen LogP contribution in [0.2, 0.25) is 0 Å². The van der Waals surface area contributed by atoms with E-state index >= 15 is 0 Å². The molecule has 0 aliphatic carbocycles. The predicted molar refractivity (Wildman–Crippen MR) is 126 cm³/mol. The molecule has 1 fully saturated rings. The van der Waals surface area contributed by atoms with Crippen molar-refractivity contribution >= 4 is 17.5 Å². The molecule has 3 aromatic carbocycles. The fourth-order valence-electron chi connectivity index (χ4n) is 4.10. The predicted octanol–water partition coefficient (Wildman–Crippen LogP) is 4.53. The largest absolute Gasteiger partial charge is 0.484 e. The Hall–Kier alpha value is -3.60. The lowest BCUT2D eigenvalue weighted by Crippen LogP contribution is -2.30. The molecule has 5 nitrogen and oxygen atoms in total. The van der Waals surface area contributed by atoms with E-state index in [1.807, 2.05) is 48.5 Å². The number of hydrogen-bond donors (Lipinski definition) is 1. The van der Waals surface area contributed by atoms with Crippen LogP contribution in [-0.4, -0.2) is 31.5 Å². The molecule has 0 bridgehead atoms. The van der Waals surface area contributed by atoms with E-state index in [1.165, 1.54) is 11.1 Å². The molecular formula is C27H28N2O3. The molecule has 164 valence electrons. The van der Waals surface area contributed by atoms with Crippen molar-refractivity contribution in [3.05, 3.63) is 96.1 Å². The van der Waals surface area contributed by atoms with E-state index in [9.17, 15) is 9.59 Å². The van der Waals surface area contributed by atoms with E-state index in [2.05, 4.69) is 29.6 Å². The van der Waals surface area contributed by atoms with Crippen molar-refractivity contribution in [2.24, 2.45) is 0 Å². The summed E-state index contributed by atoms with van der Waals surface area (Å²) in [7, 11) is 0. The van der Waals surface area contributed by atoms with Crippen LogP contribution in [-0.2, 0) is 9.59 Å². The second kappa shape index (κ2) is 10.6. The van der Waals surface area contributed by atoms with Crippen LogP contribution in [0.1, 0.15) is 36.3 Å². The molecule has 1 aliphatic rings. The average molecular weight is 429 g/mol. The van der Waals surface area contributed by atoms with Crippen molar-refractivity contribution in [3.63, 3.8) is 0 Å². The molecule has 5 heteroatoms. The highest BCUT2D eigenvalue weighted by atomic mass is 16.5. The highest BCUT2D eigenvalue weighted by Crippen LogP contribution is 2.27. The van der Waals surface area contributed by atoms with Crippen molar-refractivity contribution in [1.82, 2.24) is 5.32 Å². The van der Waals surface area contributed by atoms with Crippen LogP contribution in [0.25, 0.3) is 0 Å². The van der Waals surface area contributed by atoms with Gasteiger partial charge in [0.2, 0.25) is 5.91 Å². The molecule has 0 radical (unpaired) electrons. The minimum Gasteiger partial charge on any atom is -0.484 e. The van der Waals surface area contributed by atoms with Crippen molar-refractivity contribution < 1.29 is 14.3 Å². The number of hydrogen-bond acceptors (Lipinski definition) is 3. The van der Waals surface area contributed by atoms with Gasteiger partial charge in [0.15, 0.2) is 6.61 Å². The third kappa shape index (κ3) is 5.55. The number of amides is 2. The second-order valence-electron chi connectivity index (χ2n) is 7.94. The maximum Gasteiger partial charge on any atom is 0.257 e. The summed E-state index contributed by atoms with van der Waals surface area (Å²) in [6.45, 7) is 1.28. The highest BCUT2D eigenvalue weighted by molar-refractivity contribution is 5.95. The molecule has 1 heterocycles. The molecule has 0 unspecified atom stereocenters. The lowest BCUT2D eigenvalue weighted by molar-refractivity contribution is -0.123. The van der Waals surface area contributed by atoms with Crippen LogP contribution in [0.3, 0.4) is 0 Å².